The molecule has 0 aliphatic carbocycles. The lowest BCUT2D eigenvalue weighted by molar-refractivity contribution is -0.137. The zero-order valence-corrected chi connectivity index (χ0v) is 16.2. The molecule has 0 bridgehead atoms. The van der Waals surface area contributed by atoms with Gasteiger partial charge in [0.2, 0.25) is 5.91 Å². The van der Waals surface area contributed by atoms with E-state index in [-0.39, 0.29) is 23.9 Å². The largest absolute Gasteiger partial charge is 0.327 e. The van der Waals surface area contributed by atoms with Crippen molar-refractivity contribution in [2.75, 3.05) is 13.1 Å². The number of imidazole rings is 1. The summed E-state index contributed by atoms with van der Waals surface area (Å²) in [4.78, 5) is 18.8. The third-order valence-corrected chi connectivity index (χ3v) is 5.18. The van der Waals surface area contributed by atoms with E-state index in [0.717, 1.165) is 11.5 Å². The van der Waals surface area contributed by atoms with E-state index in [1.807, 2.05) is 27.7 Å². The average molecular weight is 376 g/mol. The molecule has 0 fully saturated rings. The van der Waals surface area contributed by atoms with Gasteiger partial charge in [-0.05, 0) is 43.5 Å². The highest BCUT2D eigenvalue weighted by Gasteiger charge is 2.41. The Hall–Kier alpha value is -2.28. The number of hydrogen-bond acceptors (Lipinski definition) is 3. The van der Waals surface area contributed by atoms with Gasteiger partial charge in [-0.1, -0.05) is 13.8 Å². The molecule has 0 unspecified atom stereocenters. The zero-order valence-electron chi connectivity index (χ0n) is 16.2. The minimum Gasteiger partial charge on any atom is -0.327 e. The number of amides is 1. The molecule has 1 aromatic carbocycles. The number of rotatable bonds is 4. The van der Waals surface area contributed by atoms with Gasteiger partial charge in [0.15, 0.2) is 0 Å². The van der Waals surface area contributed by atoms with Crippen molar-refractivity contribution in [1.29, 1.82) is 0 Å². The van der Waals surface area contributed by atoms with Gasteiger partial charge in [0.05, 0.1) is 17.8 Å². The van der Waals surface area contributed by atoms with Crippen LogP contribution >= 0.6 is 0 Å². The first-order valence-corrected chi connectivity index (χ1v) is 9.18. The lowest BCUT2D eigenvalue weighted by Crippen LogP contribution is -2.53. The fraction of sp³-hybridized carbons (Fsp3) is 0.500. The van der Waals surface area contributed by atoms with Crippen molar-refractivity contribution in [3.63, 3.8) is 0 Å². The van der Waals surface area contributed by atoms with Gasteiger partial charge in [-0.25, -0.2) is 13.8 Å². The van der Waals surface area contributed by atoms with Crippen LogP contribution in [0.5, 0.6) is 0 Å². The molecule has 1 aliphatic heterocycles. The van der Waals surface area contributed by atoms with Crippen LogP contribution in [0.2, 0.25) is 0 Å². The van der Waals surface area contributed by atoms with Crippen molar-refractivity contribution in [3.05, 3.63) is 41.1 Å². The van der Waals surface area contributed by atoms with Crippen molar-refractivity contribution >= 4 is 5.91 Å². The average Bonchev–Trinajstić information content (AvgIpc) is 3.01. The number of hydrogen-bond donors (Lipinski definition) is 1. The SMILES string of the molecule is CC(C)c1c(-c2cc(F)cc(CF)c2)nc2n1CCN(C(=O)CN)C2(C)C. The molecule has 2 N–H and O–H groups in total. The number of halogens is 2. The standard InChI is InChI=1S/C20H26F2N4O/c1-12(2)18-17(14-7-13(10-21)8-15(22)9-14)24-19-20(3,4)26(16(27)11-23)6-5-25(18)19/h7-9,12H,5-6,10-11,23H2,1-4H3. The van der Waals surface area contributed by atoms with E-state index in [1.54, 1.807) is 11.0 Å². The topological polar surface area (TPSA) is 64.2 Å². The second kappa shape index (κ2) is 7.03. The maximum absolute atomic E-state index is 14.0. The number of fused-ring (bicyclic) bond motifs is 1. The lowest BCUT2D eigenvalue weighted by atomic mass is 9.98. The Morgan fingerprint density at radius 3 is 2.59 bits per heavy atom. The van der Waals surface area contributed by atoms with Crippen molar-refractivity contribution < 1.29 is 13.6 Å². The molecule has 1 aromatic heterocycles. The molecular formula is C20H26F2N4O. The van der Waals surface area contributed by atoms with Crippen LogP contribution in [0.25, 0.3) is 11.3 Å². The van der Waals surface area contributed by atoms with Gasteiger partial charge in [-0.2, -0.15) is 0 Å². The number of nitrogens with zero attached hydrogens (tertiary/aromatic N) is 3. The first-order chi connectivity index (χ1) is 12.7. The van der Waals surface area contributed by atoms with E-state index in [4.69, 9.17) is 10.7 Å². The van der Waals surface area contributed by atoms with Crippen LogP contribution in [0.15, 0.2) is 18.2 Å². The van der Waals surface area contributed by atoms with Crippen molar-refractivity contribution in [1.82, 2.24) is 14.5 Å². The second-order valence-corrected chi connectivity index (χ2v) is 7.77. The number of alkyl halides is 1. The Kier molecular flexibility index (Phi) is 5.08. The number of nitrogens with two attached hydrogens (primary N) is 1. The predicted octanol–water partition coefficient (Wildman–Crippen LogP) is 3.32. The Labute approximate surface area is 158 Å². The van der Waals surface area contributed by atoms with Gasteiger partial charge in [0, 0.05) is 24.3 Å². The molecule has 0 saturated heterocycles. The highest BCUT2D eigenvalue weighted by Crippen LogP contribution is 2.38. The summed E-state index contributed by atoms with van der Waals surface area (Å²) in [7, 11) is 0. The molecule has 2 heterocycles. The maximum Gasteiger partial charge on any atom is 0.237 e. The quantitative estimate of drug-likeness (QED) is 0.890. The smallest absolute Gasteiger partial charge is 0.237 e. The van der Waals surface area contributed by atoms with E-state index in [9.17, 15) is 13.6 Å². The summed E-state index contributed by atoms with van der Waals surface area (Å²) in [6.45, 7) is 8.30. The molecule has 2 aromatic rings. The summed E-state index contributed by atoms with van der Waals surface area (Å²) in [6, 6.07) is 4.22. The second-order valence-electron chi connectivity index (χ2n) is 7.77. The maximum atomic E-state index is 14.0. The molecular weight excluding hydrogens is 350 g/mol. The molecule has 0 atom stereocenters. The summed E-state index contributed by atoms with van der Waals surface area (Å²) in [5.41, 5.74) is 7.37. The third kappa shape index (κ3) is 3.25. The van der Waals surface area contributed by atoms with Gasteiger partial charge in [-0.3, -0.25) is 4.79 Å². The van der Waals surface area contributed by atoms with E-state index in [0.29, 0.717) is 24.3 Å². The van der Waals surface area contributed by atoms with E-state index < -0.39 is 18.0 Å². The normalized spacial score (nSPS) is 15.9. The molecule has 0 spiro atoms. The first-order valence-electron chi connectivity index (χ1n) is 9.18. The number of benzene rings is 1. The predicted molar refractivity (Wildman–Crippen MR) is 100 cm³/mol. The van der Waals surface area contributed by atoms with Crippen LogP contribution in [-0.4, -0.2) is 33.4 Å². The molecule has 1 aliphatic rings. The Morgan fingerprint density at radius 1 is 1.30 bits per heavy atom. The molecule has 0 saturated carbocycles. The van der Waals surface area contributed by atoms with Crippen molar-refractivity contribution in [3.8, 4) is 11.3 Å². The summed E-state index contributed by atoms with van der Waals surface area (Å²) < 4.78 is 29.3. The van der Waals surface area contributed by atoms with E-state index >= 15 is 0 Å². The van der Waals surface area contributed by atoms with Crippen LogP contribution < -0.4 is 5.73 Å². The fourth-order valence-electron chi connectivity index (χ4n) is 3.97. The molecule has 27 heavy (non-hydrogen) atoms. The summed E-state index contributed by atoms with van der Waals surface area (Å²) >= 11 is 0. The Balaban J connectivity index is 2.21. The van der Waals surface area contributed by atoms with Crippen LogP contribution in [0.3, 0.4) is 0 Å². The summed E-state index contributed by atoms with van der Waals surface area (Å²) in [6.07, 6.45) is 0. The fourth-order valence-corrected chi connectivity index (χ4v) is 3.97. The first kappa shape index (κ1) is 19.5. The van der Waals surface area contributed by atoms with Crippen LogP contribution in [0.4, 0.5) is 8.78 Å². The van der Waals surface area contributed by atoms with E-state index in [2.05, 4.69) is 4.57 Å². The molecule has 7 heteroatoms. The van der Waals surface area contributed by atoms with E-state index in [1.165, 1.54) is 12.1 Å². The monoisotopic (exact) mass is 376 g/mol. The molecule has 0 radical (unpaired) electrons. The molecule has 3 rings (SSSR count). The Bertz CT molecular complexity index is 873. The van der Waals surface area contributed by atoms with Gasteiger partial charge in [-0.15, -0.1) is 0 Å². The number of aromatic nitrogens is 2. The molecule has 1 amide bonds. The lowest BCUT2D eigenvalue weighted by Gasteiger charge is -2.42. The minimum atomic E-state index is -0.736. The number of carbonyl (C=O) groups is 1. The Morgan fingerprint density at radius 2 is 2.00 bits per heavy atom. The summed E-state index contributed by atoms with van der Waals surface area (Å²) in [5, 5.41) is 0. The van der Waals surface area contributed by atoms with Crippen molar-refractivity contribution in [2.45, 2.75) is 52.4 Å². The highest BCUT2D eigenvalue weighted by atomic mass is 19.1. The number of carbonyl (C=O) groups excluding carboxylic acids is 1. The van der Waals surface area contributed by atoms with Crippen LogP contribution in [0.1, 0.15) is 50.7 Å². The van der Waals surface area contributed by atoms with Crippen LogP contribution in [0, 0.1) is 5.82 Å². The molecule has 5 nitrogen and oxygen atoms in total. The van der Waals surface area contributed by atoms with Gasteiger partial charge in [0.25, 0.3) is 0 Å². The third-order valence-electron chi connectivity index (χ3n) is 5.18. The van der Waals surface area contributed by atoms with Crippen LogP contribution in [-0.2, 0) is 23.6 Å². The van der Waals surface area contributed by atoms with Gasteiger partial charge in [0.1, 0.15) is 18.3 Å². The minimum absolute atomic E-state index is 0.0577. The van der Waals surface area contributed by atoms with Gasteiger partial charge >= 0.3 is 0 Å². The van der Waals surface area contributed by atoms with Gasteiger partial charge < -0.3 is 15.2 Å². The highest BCUT2D eigenvalue weighted by molar-refractivity contribution is 5.79. The van der Waals surface area contributed by atoms with Crippen molar-refractivity contribution in [2.24, 2.45) is 5.73 Å². The zero-order chi connectivity index (χ0) is 19.9. The summed E-state index contributed by atoms with van der Waals surface area (Å²) in [5.74, 6) is 0.249. The molecule has 146 valence electrons.